The molecule has 1 aliphatic heterocycles. The molecule has 0 aliphatic carbocycles. The summed E-state index contributed by atoms with van der Waals surface area (Å²) < 4.78 is 1.30. The van der Waals surface area contributed by atoms with Crippen molar-refractivity contribution in [3.8, 4) is 0 Å². The molecule has 1 unspecified atom stereocenters. The third-order valence-electron chi connectivity index (χ3n) is 3.38. The van der Waals surface area contributed by atoms with Crippen LogP contribution in [0.5, 0.6) is 0 Å². The molecule has 0 saturated carbocycles. The van der Waals surface area contributed by atoms with Crippen LogP contribution >= 0.6 is 0 Å². The van der Waals surface area contributed by atoms with Crippen molar-refractivity contribution in [1.29, 1.82) is 0 Å². The molecule has 1 saturated heterocycles. The van der Waals surface area contributed by atoms with E-state index in [4.69, 9.17) is 0 Å². The van der Waals surface area contributed by atoms with Crippen LogP contribution in [0.15, 0.2) is 24.4 Å². The molecule has 3 rings (SSSR count). The van der Waals surface area contributed by atoms with Crippen molar-refractivity contribution in [3.05, 3.63) is 35.7 Å². The van der Waals surface area contributed by atoms with Gasteiger partial charge in [-0.1, -0.05) is 0 Å². The van der Waals surface area contributed by atoms with E-state index in [1.807, 2.05) is 0 Å². The number of aromatic nitrogens is 2. The van der Waals surface area contributed by atoms with Crippen LogP contribution in [-0.4, -0.2) is 32.5 Å². The minimum absolute atomic E-state index is 0.00722. The van der Waals surface area contributed by atoms with Crippen molar-refractivity contribution in [3.63, 3.8) is 0 Å². The smallest absolute Gasteiger partial charge is 0.354 e. The predicted molar refractivity (Wildman–Crippen MR) is 67.3 cm³/mol. The Bertz CT molecular complexity index is 734. The lowest BCUT2D eigenvalue weighted by atomic mass is 9.90. The van der Waals surface area contributed by atoms with Crippen molar-refractivity contribution < 1.29 is 19.5 Å². The van der Waals surface area contributed by atoms with Crippen LogP contribution in [0.3, 0.4) is 0 Å². The number of imide groups is 1. The molecule has 1 fully saturated rings. The quantitative estimate of drug-likeness (QED) is 0.778. The van der Waals surface area contributed by atoms with Crippen molar-refractivity contribution in [2.75, 3.05) is 0 Å². The highest BCUT2D eigenvalue weighted by Gasteiger charge is 2.29. The average Bonchev–Trinajstić information content (AvgIpc) is 2.85. The summed E-state index contributed by atoms with van der Waals surface area (Å²) in [5.41, 5.74) is 1.18. The number of carboxylic acids is 1. The summed E-state index contributed by atoms with van der Waals surface area (Å²) in [6.07, 6.45) is 2.13. The Kier molecular flexibility index (Phi) is 2.74. The molecule has 2 aromatic rings. The number of piperidine rings is 1. The SMILES string of the molecule is O=C1CCC(c2cc(C(=O)O)n3nccc3c2)C(=O)N1. The number of fused-ring (bicyclic) bond motifs is 1. The second kappa shape index (κ2) is 4.44. The summed E-state index contributed by atoms with van der Waals surface area (Å²) in [5.74, 6) is -2.31. The van der Waals surface area contributed by atoms with Gasteiger partial charge in [0.2, 0.25) is 11.8 Å². The Hall–Kier alpha value is -2.70. The summed E-state index contributed by atoms with van der Waals surface area (Å²) >= 11 is 0. The molecular formula is C13H11N3O4. The summed E-state index contributed by atoms with van der Waals surface area (Å²) in [5, 5.41) is 15.4. The minimum Gasteiger partial charge on any atom is -0.477 e. The standard InChI is InChI=1S/C13H11N3O4/c17-11-2-1-9(12(18)15-11)7-5-8-3-4-14-16(8)10(6-7)13(19)20/h3-6,9H,1-2H2,(H,19,20)(H,15,17,18). The highest BCUT2D eigenvalue weighted by atomic mass is 16.4. The second-order valence-electron chi connectivity index (χ2n) is 4.65. The highest BCUT2D eigenvalue weighted by molar-refractivity contribution is 6.01. The maximum Gasteiger partial charge on any atom is 0.354 e. The number of nitrogens with zero attached hydrogens (tertiary/aromatic N) is 2. The van der Waals surface area contributed by atoms with Crippen LogP contribution in [0.2, 0.25) is 0 Å². The molecule has 1 aliphatic rings. The Morgan fingerprint density at radius 3 is 2.90 bits per heavy atom. The molecule has 2 aromatic heterocycles. The molecule has 7 heteroatoms. The summed E-state index contributed by atoms with van der Waals surface area (Å²) in [4.78, 5) is 34.3. The molecule has 20 heavy (non-hydrogen) atoms. The first-order chi connectivity index (χ1) is 9.56. The summed E-state index contributed by atoms with van der Waals surface area (Å²) in [7, 11) is 0. The van der Waals surface area contributed by atoms with Gasteiger partial charge in [0.25, 0.3) is 0 Å². The van der Waals surface area contributed by atoms with E-state index in [2.05, 4.69) is 10.4 Å². The Labute approximate surface area is 113 Å². The fourth-order valence-electron chi connectivity index (χ4n) is 2.42. The van der Waals surface area contributed by atoms with Gasteiger partial charge in [-0.05, 0) is 30.2 Å². The maximum atomic E-state index is 11.9. The molecule has 0 aromatic carbocycles. The number of rotatable bonds is 2. The first-order valence-electron chi connectivity index (χ1n) is 6.11. The van der Waals surface area contributed by atoms with Crippen LogP contribution in [0.1, 0.15) is 34.8 Å². The molecule has 7 nitrogen and oxygen atoms in total. The van der Waals surface area contributed by atoms with Gasteiger partial charge in [-0.2, -0.15) is 5.10 Å². The predicted octanol–water partition coefficient (Wildman–Crippen LogP) is 0.553. The zero-order chi connectivity index (χ0) is 14.3. The summed E-state index contributed by atoms with van der Waals surface area (Å²) in [6, 6.07) is 4.82. The van der Waals surface area contributed by atoms with Crippen molar-refractivity contribution in [2.24, 2.45) is 0 Å². The Morgan fingerprint density at radius 2 is 2.20 bits per heavy atom. The van der Waals surface area contributed by atoms with E-state index in [1.54, 1.807) is 12.1 Å². The molecule has 3 heterocycles. The van der Waals surface area contributed by atoms with Gasteiger partial charge in [0.1, 0.15) is 0 Å². The first kappa shape index (κ1) is 12.3. The molecule has 0 radical (unpaired) electrons. The first-order valence-corrected chi connectivity index (χ1v) is 6.11. The second-order valence-corrected chi connectivity index (χ2v) is 4.65. The van der Waals surface area contributed by atoms with E-state index in [-0.39, 0.29) is 23.9 Å². The number of carbonyl (C=O) groups is 3. The monoisotopic (exact) mass is 273 g/mol. The highest BCUT2D eigenvalue weighted by Crippen LogP contribution is 2.26. The number of nitrogens with one attached hydrogen (secondary N) is 1. The van der Waals surface area contributed by atoms with Gasteiger partial charge in [-0.15, -0.1) is 0 Å². The van der Waals surface area contributed by atoms with Crippen molar-refractivity contribution >= 4 is 23.3 Å². The van der Waals surface area contributed by atoms with Gasteiger partial charge in [0.15, 0.2) is 5.69 Å². The van der Waals surface area contributed by atoms with E-state index < -0.39 is 11.9 Å². The van der Waals surface area contributed by atoms with E-state index in [0.29, 0.717) is 17.5 Å². The molecule has 0 spiro atoms. The van der Waals surface area contributed by atoms with Gasteiger partial charge < -0.3 is 5.11 Å². The van der Waals surface area contributed by atoms with Crippen LogP contribution in [0.25, 0.3) is 5.52 Å². The van der Waals surface area contributed by atoms with Crippen LogP contribution < -0.4 is 5.32 Å². The van der Waals surface area contributed by atoms with Gasteiger partial charge in [-0.3, -0.25) is 14.9 Å². The zero-order valence-corrected chi connectivity index (χ0v) is 10.4. The average molecular weight is 273 g/mol. The maximum absolute atomic E-state index is 11.9. The Balaban J connectivity index is 2.10. The lowest BCUT2D eigenvalue weighted by molar-refractivity contribution is -0.134. The normalized spacial score (nSPS) is 19.1. The molecule has 0 bridgehead atoms. The Morgan fingerprint density at radius 1 is 1.40 bits per heavy atom. The summed E-state index contributed by atoms with van der Waals surface area (Å²) in [6.45, 7) is 0. The fraction of sp³-hybridized carbons (Fsp3) is 0.231. The van der Waals surface area contributed by atoms with E-state index >= 15 is 0 Å². The zero-order valence-electron chi connectivity index (χ0n) is 10.4. The molecule has 2 N–H and O–H groups in total. The van der Waals surface area contributed by atoms with Gasteiger partial charge in [0.05, 0.1) is 17.6 Å². The van der Waals surface area contributed by atoms with Gasteiger partial charge >= 0.3 is 5.97 Å². The van der Waals surface area contributed by atoms with Crippen LogP contribution in [0.4, 0.5) is 0 Å². The van der Waals surface area contributed by atoms with Crippen LogP contribution in [0, 0.1) is 0 Å². The number of carboxylic acid groups (broad SMARTS) is 1. The molecule has 2 amide bonds. The number of carbonyl (C=O) groups excluding carboxylic acids is 2. The molecular weight excluding hydrogens is 262 g/mol. The van der Waals surface area contributed by atoms with Gasteiger partial charge in [0, 0.05) is 6.42 Å². The third-order valence-corrected chi connectivity index (χ3v) is 3.38. The molecule has 1 atom stereocenters. The van der Waals surface area contributed by atoms with Crippen LogP contribution in [-0.2, 0) is 9.59 Å². The molecule has 102 valence electrons. The van der Waals surface area contributed by atoms with Gasteiger partial charge in [-0.25, -0.2) is 9.31 Å². The lowest BCUT2D eigenvalue weighted by Gasteiger charge is -2.21. The van der Waals surface area contributed by atoms with E-state index in [0.717, 1.165) is 0 Å². The number of amides is 2. The number of pyridine rings is 1. The minimum atomic E-state index is -1.12. The fourth-order valence-corrected chi connectivity index (χ4v) is 2.42. The van der Waals surface area contributed by atoms with Crippen molar-refractivity contribution in [1.82, 2.24) is 14.9 Å². The third kappa shape index (κ3) is 1.93. The lowest BCUT2D eigenvalue weighted by Crippen LogP contribution is -2.39. The largest absolute Gasteiger partial charge is 0.477 e. The van der Waals surface area contributed by atoms with Crippen molar-refractivity contribution in [2.45, 2.75) is 18.8 Å². The number of hydrogen-bond donors (Lipinski definition) is 2. The topological polar surface area (TPSA) is 101 Å². The number of aromatic carboxylic acids is 1. The van der Waals surface area contributed by atoms with E-state index in [9.17, 15) is 19.5 Å². The van der Waals surface area contributed by atoms with E-state index in [1.165, 1.54) is 16.8 Å². The number of hydrogen-bond acceptors (Lipinski definition) is 4.